The summed E-state index contributed by atoms with van der Waals surface area (Å²) in [6.07, 6.45) is 5.46. The molecule has 2 N–H and O–H groups in total. The maximum atomic E-state index is 11.7. The minimum absolute atomic E-state index is 0.00695. The van der Waals surface area contributed by atoms with E-state index in [1.54, 1.807) is 0 Å². The fourth-order valence-corrected chi connectivity index (χ4v) is 2.63. The van der Waals surface area contributed by atoms with E-state index in [1.807, 2.05) is 0 Å². The SMILES string of the molecule is O=C(NC1CCC1)NC1Cc2ccccc2C1. The second-order valence-electron chi connectivity index (χ2n) is 5.12. The molecule has 1 saturated carbocycles. The van der Waals surface area contributed by atoms with Gasteiger partial charge in [0.2, 0.25) is 0 Å². The molecule has 0 aromatic heterocycles. The summed E-state index contributed by atoms with van der Waals surface area (Å²) in [6, 6.07) is 9.13. The van der Waals surface area contributed by atoms with Crippen molar-refractivity contribution < 1.29 is 4.79 Å². The number of rotatable bonds is 2. The highest BCUT2D eigenvalue weighted by Gasteiger charge is 2.24. The third-order valence-corrected chi connectivity index (χ3v) is 3.83. The van der Waals surface area contributed by atoms with Gasteiger partial charge in [-0.3, -0.25) is 0 Å². The molecule has 17 heavy (non-hydrogen) atoms. The molecule has 0 saturated heterocycles. The van der Waals surface area contributed by atoms with Crippen LogP contribution in [0.2, 0.25) is 0 Å². The van der Waals surface area contributed by atoms with Crippen molar-refractivity contribution in [2.24, 2.45) is 0 Å². The quantitative estimate of drug-likeness (QED) is 0.801. The summed E-state index contributed by atoms with van der Waals surface area (Å²) in [5, 5.41) is 6.09. The second-order valence-corrected chi connectivity index (χ2v) is 5.12. The summed E-state index contributed by atoms with van der Waals surface area (Å²) in [4.78, 5) is 11.7. The molecule has 1 aromatic carbocycles. The Morgan fingerprint density at radius 3 is 2.12 bits per heavy atom. The molecule has 1 fully saturated rings. The lowest BCUT2D eigenvalue weighted by Gasteiger charge is -2.27. The molecule has 2 aliphatic carbocycles. The van der Waals surface area contributed by atoms with E-state index in [2.05, 4.69) is 34.9 Å². The number of fused-ring (bicyclic) bond motifs is 1. The molecular weight excluding hydrogens is 212 g/mol. The molecule has 3 heteroatoms. The third-order valence-electron chi connectivity index (χ3n) is 3.83. The summed E-state index contributed by atoms with van der Waals surface area (Å²) in [5.41, 5.74) is 2.75. The maximum absolute atomic E-state index is 11.7. The first-order valence-electron chi connectivity index (χ1n) is 6.45. The van der Waals surface area contributed by atoms with Crippen molar-refractivity contribution in [1.82, 2.24) is 10.6 Å². The highest BCUT2D eigenvalue weighted by Crippen LogP contribution is 2.22. The predicted molar refractivity (Wildman–Crippen MR) is 66.9 cm³/mol. The Bertz CT molecular complexity index is 401. The summed E-state index contributed by atoms with van der Waals surface area (Å²) >= 11 is 0. The van der Waals surface area contributed by atoms with Crippen LogP contribution in [0.15, 0.2) is 24.3 Å². The molecule has 0 heterocycles. The number of urea groups is 1. The van der Waals surface area contributed by atoms with E-state index < -0.39 is 0 Å². The van der Waals surface area contributed by atoms with Gasteiger partial charge >= 0.3 is 6.03 Å². The lowest BCUT2D eigenvalue weighted by Crippen LogP contribution is -2.48. The maximum Gasteiger partial charge on any atom is 0.315 e. The van der Waals surface area contributed by atoms with Gasteiger partial charge in [-0.05, 0) is 43.2 Å². The van der Waals surface area contributed by atoms with Crippen LogP contribution in [0.3, 0.4) is 0 Å². The average Bonchev–Trinajstić information content (AvgIpc) is 2.65. The topological polar surface area (TPSA) is 41.1 Å². The summed E-state index contributed by atoms with van der Waals surface area (Å²) in [7, 11) is 0. The molecular formula is C14H18N2O. The number of nitrogens with one attached hydrogen (secondary N) is 2. The number of hydrogen-bond acceptors (Lipinski definition) is 1. The number of carbonyl (C=O) groups is 1. The van der Waals surface area contributed by atoms with Crippen molar-refractivity contribution in [3.05, 3.63) is 35.4 Å². The van der Waals surface area contributed by atoms with Crippen molar-refractivity contribution in [3.63, 3.8) is 0 Å². The van der Waals surface area contributed by atoms with E-state index in [0.29, 0.717) is 6.04 Å². The molecule has 0 spiro atoms. The van der Waals surface area contributed by atoms with Crippen LogP contribution in [0.25, 0.3) is 0 Å². The minimum Gasteiger partial charge on any atom is -0.335 e. The van der Waals surface area contributed by atoms with Gasteiger partial charge in [-0.2, -0.15) is 0 Å². The Morgan fingerprint density at radius 1 is 1.00 bits per heavy atom. The number of amides is 2. The zero-order chi connectivity index (χ0) is 11.7. The summed E-state index contributed by atoms with van der Waals surface area (Å²) < 4.78 is 0. The minimum atomic E-state index is 0.00695. The zero-order valence-corrected chi connectivity index (χ0v) is 9.91. The highest BCUT2D eigenvalue weighted by molar-refractivity contribution is 5.75. The molecule has 0 radical (unpaired) electrons. The monoisotopic (exact) mass is 230 g/mol. The molecule has 0 aliphatic heterocycles. The van der Waals surface area contributed by atoms with Crippen LogP contribution >= 0.6 is 0 Å². The fourth-order valence-electron chi connectivity index (χ4n) is 2.63. The second kappa shape index (κ2) is 4.40. The number of hydrogen-bond donors (Lipinski definition) is 2. The van der Waals surface area contributed by atoms with Crippen molar-refractivity contribution in [1.29, 1.82) is 0 Å². The molecule has 90 valence electrons. The van der Waals surface area contributed by atoms with Gasteiger partial charge in [-0.15, -0.1) is 0 Å². The molecule has 1 aromatic rings. The van der Waals surface area contributed by atoms with Crippen molar-refractivity contribution >= 4 is 6.03 Å². The Kier molecular flexibility index (Phi) is 2.75. The molecule has 2 amide bonds. The summed E-state index contributed by atoms with van der Waals surface area (Å²) in [5.74, 6) is 0. The van der Waals surface area contributed by atoms with E-state index in [1.165, 1.54) is 17.5 Å². The van der Waals surface area contributed by atoms with E-state index >= 15 is 0 Å². The molecule has 2 aliphatic rings. The Morgan fingerprint density at radius 2 is 1.59 bits per heavy atom. The van der Waals surface area contributed by atoms with Gasteiger partial charge in [0.25, 0.3) is 0 Å². The highest BCUT2D eigenvalue weighted by atomic mass is 16.2. The standard InChI is InChI=1S/C14H18N2O/c17-14(15-12-6-3-7-12)16-13-8-10-4-1-2-5-11(10)9-13/h1-2,4-5,12-13H,3,6-9H2,(H2,15,16,17). The molecule has 3 nitrogen and oxygen atoms in total. The first kappa shape index (κ1) is 10.6. The van der Waals surface area contributed by atoms with Gasteiger partial charge in [0.1, 0.15) is 0 Å². The van der Waals surface area contributed by atoms with Gasteiger partial charge in [0, 0.05) is 12.1 Å². The van der Waals surface area contributed by atoms with Crippen molar-refractivity contribution in [3.8, 4) is 0 Å². The third kappa shape index (κ3) is 2.28. The summed E-state index contributed by atoms with van der Waals surface area (Å²) in [6.45, 7) is 0. The fraction of sp³-hybridized carbons (Fsp3) is 0.500. The predicted octanol–water partition coefficient (Wildman–Crippen LogP) is 2.01. The average molecular weight is 230 g/mol. The number of benzene rings is 1. The first-order chi connectivity index (χ1) is 8.31. The van der Waals surface area contributed by atoms with E-state index in [0.717, 1.165) is 25.7 Å². The van der Waals surface area contributed by atoms with Gasteiger partial charge < -0.3 is 10.6 Å². The largest absolute Gasteiger partial charge is 0.335 e. The van der Waals surface area contributed by atoms with Crippen LogP contribution in [-0.2, 0) is 12.8 Å². The molecule has 0 atom stereocenters. The first-order valence-corrected chi connectivity index (χ1v) is 6.45. The van der Waals surface area contributed by atoms with Crippen LogP contribution in [0.4, 0.5) is 4.79 Å². The smallest absolute Gasteiger partial charge is 0.315 e. The Hall–Kier alpha value is -1.51. The molecule has 3 rings (SSSR count). The van der Waals surface area contributed by atoms with Gasteiger partial charge in [-0.25, -0.2) is 4.79 Å². The van der Waals surface area contributed by atoms with E-state index in [-0.39, 0.29) is 12.1 Å². The Balaban J connectivity index is 1.52. The van der Waals surface area contributed by atoms with Crippen LogP contribution in [0.5, 0.6) is 0 Å². The van der Waals surface area contributed by atoms with E-state index in [9.17, 15) is 4.79 Å². The van der Waals surface area contributed by atoms with Crippen LogP contribution in [0, 0.1) is 0 Å². The van der Waals surface area contributed by atoms with Crippen molar-refractivity contribution in [2.45, 2.75) is 44.2 Å². The lowest BCUT2D eigenvalue weighted by molar-refractivity contribution is 0.225. The Labute approximate surface area is 102 Å². The zero-order valence-electron chi connectivity index (χ0n) is 9.91. The van der Waals surface area contributed by atoms with Crippen LogP contribution in [0.1, 0.15) is 30.4 Å². The normalized spacial score (nSPS) is 19.5. The van der Waals surface area contributed by atoms with Crippen molar-refractivity contribution in [2.75, 3.05) is 0 Å². The van der Waals surface area contributed by atoms with Gasteiger partial charge in [0.05, 0.1) is 0 Å². The lowest BCUT2D eigenvalue weighted by atomic mass is 9.93. The van der Waals surface area contributed by atoms with Gasteiger partial charge in [-0.1, -0.05) is 24.3 Å². The number of carbonyl (C=O) groups excluding carboxylic acids is 1. The van der Waals surface area contributed by atoms with Gasteiger partial charge in [0.15, 0.2) is 0 Å². The van der Waals surface area contributed by atoms with Crippen LogP contribution in [-0.4, -0.2) is 18.1 Å². The van der Waals surface area contributed by atoms with E-state index in [4.69, 9.17) is 0 Å². The molecule has 0 bridgehead atoms. The van der Waals surface area contributed by atoms with Crippen LogP contribution < -0.4 is 10.6 Å². The molecule has 0 unspecified atom stereocenters.